The summed E-state index contributed by atoms with van der Waals surface area (Å²) in [4.78, 5) is 41.1. The van der Waals surface area contributed by atoms with Crippen LogP contribution < -0.4 is 20.7 Å². The first-order valence-electron chi connectivity index (χ1n) is 11.9. The summed E-state index contributed by atoms with van der Waals surface area (Å²) in [6.07, 6.45) is 2.93. The van der Waals surface area contributed by atoms with E-state index < -0.39 is 35.6 Å². The average Bonchev–Trinajstić information content (AvgIpc) is 3.52. The minimum absolute atomic E-state index is 0.0423. The molecule has 4 N–H and O–H groups in total. The number of carbonyl (C=O) groups is 3. The molecule has 1 aromatic carbocycles. The molecule has 1 aliphatic carbocycles. The van der Waals surface area contributed by atoms with Crippen LogP contribution in [0.25, 0.3) is 10.9 Å². The van der Waals surface area contributed by atoms with Gasteiger partial charge in [-0.1, -0.05) is 24.4 Å². The van der Waals surface area contributed by atoms with Gasteiger partial charge >= 0.3 is 0 Å². The van der Waals surface area contributed by atoms with Crippen LogP contribution in [0.5, 0.6) is 5.75 Å². The minimum atomic E-state index is -0.967. The highest BCUT2D eigenvalue weighted by Gasteiger charge is 2.39. The molecule has 2 aliphatic rings. The van der Waals surface area contributed by atoms with Crippen molar-refractivity contribution in [3.63, 3.8) is 0 Å². The van der Waals surface area contributed by atoms with Gasteiger partial charge in [0.25, 0.3) is 5.91 Å². The number of halogens is 2. The molecule has 1 aromatic heterocycles. The predicted molar refractivity (Wildman–Crippen MR) is 131 cm³/mol. The molecule has 4 rings (SSSR count). The van der Waals surface area contributed by atoms with Crippen molar-refractivity contribution in [3.8, 4) is 11.8 Å². The molecule has 1 saturated heterocycles. The molecule has 0 radical (unpaired) electrons. The summed E-state index contributed by atoms with van der Waals surface area (Å²) in [5.74, 6) is -2.37. The molecule has 1 saturated carbocycles. The van der Waals surface area contributed by atoms with Gasteiger partial charge in [-0.15, -0.1) is 0 Å². The second kappa shape index (κ2) is 9.97. The molecule has 9 nitrogen and oxygen atoms in total. The standard InChI is InChI=1S/C25H29ClFN5O4/c1-25(2)10-13(22(33)32-25)9-14(11-28)29-23(34)17(8-12-4-5-12)31-24(35)20-19(27)18-16(30-20)7-6-15(26)21(18)36-3/h6-7,12-14,17,30H,4-5,8-10H2,1-3H3,(H,29,34)(H,31,35)(H,32,33)/t13-,14+,17+/m1/s1. The van der Waals surface area contributed by atoms with E-state index in [4.69, 9.17) is 16.3 Å². The molecule has 36 heavy (non-hydrogen) atoms. The van der Waals surface area contributed by atoms with Gasteiger partial charge in [-0.2, -0.15) is 5.26 Å². The number of amides is 3. The van der Waals surface area contributed by atoms with Crippen molar-refractivity contribution < 1.29 is 23.5 Å². The summed E-state index contributed by atoms with van der Waals surface area (Å²) in [5, 5.41) is 18.0. The first-order valence-corrected chi connectivity index (χ1v) is 12.3. The molecule has 11 heteroatoms. The number of aromatic nitrogens is 1. The van der Waals surface area contributed by atoms with E-state index in [1.165, 1.54) is 19.2 Å². The molecular formula is C25H29ClFN5O4. The Hall–Kier alpha value is -3.32. The number of nitrogens with one attached hydrogen (secondary N) is 4. The van der Waals surface area contributed by atoms with Crippen LogP contribution in [0.3, 0.4) is 0 Å². The van der Waals surface area contributed by atoms with Crippen LogP contribution in [0.15, 0.2) is 12.1 Å². The van der Waals surface area contributed by atoms with E-state index in [1.807, 2.05) is 19.9 Å². The second-order valence-electron chi connectivity index (χ2n) is 10.2. The van der Waals surface area contributed by atoms with Gasteiger partial charge in [0.1, 0.15) is 23.5 Å². The zero-order chi connectivity index (χ0) is 26.2. The zero-order valence-electron chi connectivity index (χ0n) is 20.3. The SMILES string of the molecule is COc1c(Cl)ccc2[nH]c(C(=O)N[C@@H](CC3CC3)C(=O)N[C@H](C#N)C[C@@H]3CC(C)(C)NC3=O)c(F)c12. The highest BCUT2D eigenvalue weighted by molar-refractivity contribution is 6.33. The first kappa shape index (κ1) is 25.8. The maximum absolute atomic E-state index is 15.2. The lowest BCUT2D eigenvalue weighted by molar-refractivity contribution is -0.125. The van der Waals surface area contributed by atoms with Gasteiger partial charge in [0.05, 0.1) is 29.1 Å². The molecule has 0 bridgehead atoms. The maximum Gasteiger partial charge on any atom is 0.271 e. The number of H-pyrrole nitrogens is 1. The number of hydrogen-bond acceptors (Lipinski definition) is 5. The number of methoxy groups -OCH3 is 1. The van der Waals surface area contributed by atoms with Crippen molar-refractivity contribution in [3.05, 3.63) is 28.7 Å². The Morgan fingerprint density at radius 3 is 2.61 bits per heavy atom. The van der Waals surface area contributed by atoms with E-state index in [1.54, 1.807) is 0 Å². The highest BCUT2D eigenvalue weighted by atomic mass is 35.5. The van der Waals surface area contributed by atoms with Crippen molar-refractivity contribution in [2.24, 2.45) is 11.8 Å². The number of hydrogen-bond donors (Lipinski definition) is 4. The van der Waals surface area contributed by atoms with Gasteiger partial charge in [0, 0.05) is 11.5 Å². The van der Waals surface area contributed by atoms with Crippen molar-refractivity contribution in [2.75, 3.05) is 7.11 Å². The Morgan fingerprint density at radius 1 is 1.31 bits per heavy atom. The fourth-order valence-corrected chi connectivity index (χ4v) is 5.02. The fourth-order valence-electron chi connectivity index (χ4n) is 4.79. The molecule has 2 fully saturated rings. The Kier molecular flexibility index (Phi) is 7.14. The monoisotopic (exact) mass is 517 g/mol. The van der Waals surface area contributed by atoms with Crippen LogP contribution in [0.4, 0.5) is 4.39 Å². The van der Waals surface area contributed by atoms with Gasteiger partial charge in [0.2, 0.25) is 11.8 Å². The van der Waals surface area contributed by atoms with Crippen molar-refractivity contribution >= 4 is 40.2 Å². The molecule has 3 amide bonds. The van der Waals surface area contributed by atoms with E-state index in [9.17, 15) is 19.6 Å². The first-order chi connectivity index (χ1) is 17.0. The quantitative estimate of drug-likeness (QED) is 0.405. The Morgan fingerprint density at radius 2 is 2.03 bits per heavy atom. The molecule has 2 heterocycles. The van der Waals surface area contributed by atoms with Gasteiger partial charge < -0.3 is 25.7 Å². The zero-order valence-corrected chi connectivity index (χ0v) is 21.1. The summed E-state index contributed by atoms with van der Waals surface area (Å²) in [7, 11) is 1.35. The number of ether oxygens (including phenoxy) is 1. The predicted octanol–water partition coefficient (Wildman–Crippen LogP) is 3.18. The summed E-state index contributed by atoms with van der Waals surface area (Å²) in [6, 6.07) is 3.23. The second-order valence-corrected chi connectivity index (χ2v) is 10.6. The van der Waals surface area contributed by atoms with E-state index in [-0.39, 0.29) is 45.6 Å². The number of fused-ring (bicyclic) bond motifs is 1. The maximum atomic E-state index is 15.2. The van der Waals surface area contributed by atoms with Gasteiger partial charge in [-0.3, -0.25) is 14.4 Å². The smallest absolute Gasteiger partial charge is 0.271 e. The summed E-state index contributed by atoms with van der Waals surface area (Å²) in [6.45, 7) is 3.80. The Labute approximate surface area is 213 Å². The lowest BCUT2D eigenvalue weighted by Crippen LogP contribution is -2.50. The fraction of sp³-hybridized carbons (Fsp3) is 0.520. The Balaban J connectivity index is 1.49. The molecule has 192 valence electrons. The summed E-state index contributed by atoms with van der Waals surface area (Å²) < 4.78 is 20.4. The van der Waals surface area contributed by atoms with Crippen LogP contribution in [-0.2, 0) is 9.59 Å². The lowest BCUT2D eigenvalue weighted by Gasteiger charge is -2.21. The van der Waals surface area contributed by atoms with Crippen LogP contribution in [0.2, 0.25) is 5.02 Å². The lowest BCUT2D eigenvalue weighted by atomic mass is 9.92. The van der Waals surface area contributed by atoms with Crippen molar-refractivity contribution in [2.45, 2.75) is 63.6 Å². The molecule has 2 aromatic rings. The van der Waals surface area contributed by atoms with Gasteiger partial charge in [-0.05, 0) is 51.2 Å². The third-order valence-corrected chi connectivity index (χ3v) is 7.01. The molecule has 0 unspecified atom stereocenters. The molecular weight excluding hydrogens is 489 g/mol. The normalized spacial score (nSPS) is 20.3. The van der Waals surface area contributed by atoms with Gasteiger partial charge in [0.15, 0.2) is 5.82 Å². The van der Waals surface area contributed by atoms with E-state index in [0.29, 0.717) is 18.4 Å². The number of benzene rings is 1. The van der Waals surface area contributed by atoms with Crippen molar-refractivity contribution in [1.82, 2.24) is 20.9 Å². The molecule has 1 aliphatic heterocycles. The largest absolute Gasteiger partial charge is 0.494 e. The average molecular weight is 518 g/mol. The van der Waals surface area contributed by atoms with E-state index in [2.05, 4.69) is 20.9 Å². The third kappa shape index (κ3) is 5.41. The highest BCUT2D eigenvalue weighted by Crippen LogP contribution is 2.37. The number of carbonyl (C=O) groups excluding carboxylic acids is 3. The van der Waals surface area contributed by atoms with Gasteiger partial charge in [-0.25, -0.2) is 4.39 Å². The van der Waals surface area contributed by atoms with Crippen LogP contribution in [0.1, 0.15) is 56.4 Å². The third-order valence-electron chi connectivity index (χ3n) is 6.71. The summed E-state index contributed by atoms with van der Waals surface area (Å²) >= 11 is 6.09. The Bertz CT molecular complexity index is 1250. The summed E-state index contributed by atoms with van der Waals surface area (Å²) in [5.41, 5.74) is -0.393. The number of nitriles is 1. The number of rotatable bonds is 9. The molecule has 0 spiro atoms. The molecule has 3 atom stereocenters. The minimum Gasteiger partial charge on any atom is -0.494 e. The van der Waals surface area contributed by atoms with Crippen LogP contribution in [0, 0.1) is 29.0 Å². The van der Waals surface area contributed by atoms with E-state index >= 15 is 4.39 Å². The van der Waals surface area contributed by atoms with Crippen molar-refractivity contribution in [1.29, 1.82) is 5.26 Å². The number of nitrogens with zero attached hydrogens (tertiary/aromatic N) is 1. The van der Waals surface area contributed by atoms with Crippen LogP contribution in [-0.4, -0.2) is 47.4 Å². The topological polar surface area (TPSA) is 136 Å². The van der Waals surface area contributed by atoms with Crippen LogP contribution >= 0.6 is 11.6 Å². The number of aromatic amines is 1. The van der Waals surface area contributed by atoms with E-state index in [0.717, 1.165) is 12.8 Å².